The molecule has 7 heteroatoms. The number of amides is 1. The largest absolute Gasteiger partial charge is 0.352 e. The standard InChI is InChI=1S/C17H20BrN5O/c1-17(19,13-2-4-14(18)5-3-13)16(24)23-10-8-22(9-11-23)15-12-20-6-7-21-15/h2-7,12H,8-11,19H2,1H3. The van der Waals surface area contributed by atoms with E-state index in [1.54, 1.807) is 25.5 Å². The Kier molecular flexibility index (Phi) is 4.82. The first kappa shape index (κ1) is 16.9. The number of halogens is 1. The molecule has 0 radical (unpaired) electrons. The van der Waals surface area contributed by atoms with Crippen LogP contribution in [0.25, 0.3) is 0 Å². The SMILES string of the molecule is CC(N)(C(=O)N1CCN(c2cnccn2)CC1)c1ccc(Br)cc1. The summed E-state index contributed by atoms with van der Waals surface area (Å²) < 4.78 is 0.965. The molecule has 0 bridgehead atoms. The Labute approximate surface area is 149 Å². The van der Waals surface area contributed by atoms with Crippen LogP contribution >= 0.6 is 15.9 Å². The molecule has 1 aromatic heterocycles. The molecule has 6 nitrogen and oxygen atoms in total. The minimum absolute atomic E-state index is 0.0522. The maximum Gasteiger partial charge on any atom is 0.247 e. The van der Waals surface area contributed by atoms with E-state index in [2.05, 4.69) is 30.8 Å². The lowest BCUT2D eigenvalue weighted by atomic mass is 9.91. The van der Waals surface area contributed by atoms with Gasteiger partial charge in [-0.1, -0.05) is 28.1 Å². The molecule has 3 rings (SSSR count). The molecule has 126 valence electrons. The summed E-state index contributed by atoms with van der Waals surface area (Å²) in [6.45, 7) is 4.47. The van der Waals surface area contributed by atoms with Crippen molar-refractivity contribution in [3.05, 3.63) is 52.9 Å². The molecule has 1 aliphatic rings. The number of carbonyl (C=O) groups is 1. The first-order valence-electron chi connectivity index (χ1n) is 7.84. The van der Waals surface area contributed by atoms with Crippen molar-refractivity contribution in [2.75, 3.05) is 31.1 Å². The average Bonchev–Trinajstić information content (AvgIpc) is 2.62. The van der Waals surface area contributed by atoms with Crippen molar-refractivity contribution in [1.29, 1.82) is 0 Å². The van der Waals surface area contributed by atoms with E-state index in [9.17, 15) is 4.79 Å². The zero-order valence-corrected chi connectivity index (χ0v) is 15.1. The molecule has 0 saturated carbocycles. The van der Waals surface area contributed by atoms with E-state index in [1.807, 2.05) is 29.2 Å². The van der Waals surface area contributed by atoms with E-state index in [0.717, 1.165) is 28.9 Å². The second kappa shape index (κ2) is 6.86. The normalized spacial score (nSPS) is 17.5. The molecule has 24 heavy (non-hydrogen) atoms. The van der Waals surface area contributed by atoms with Crippen LogP contribution in [0.3, 0.4) is 0 Å². The zero-order chi connectivity index (χ0) is 17.2. The van der Waals surface area contributed by atoms with Gasteiger partial charge in [0.1, 0.15) is 11.4 Å². The van der Waals surface area contributed by atoms with Crippen LogP contribution in [0.15, 0.2) is 47.3 Å². The topological polar surface area (TPSA) is 75.4 Å². The molecule has 2 aromatic rings. The molecule has 1 aliphatic heterocycles. The van der Waals surface area contributed by atoms with Crippen molar-refractivity contribution in [2.45, 2.75) is 12.5 Å². The maximum atomic E-state index is 12.9. The molecule has 0 spiro atoms. The zero-order valence-electron chi connectivity index (χ0n) is 13.5. The lowest BCUT2D eigenvalue weighted by Gasteiger charge is -2.39. The molecule has 2 N–H and O–H groups in total. The highest BCUT2D eigenvalue weighted by Crippen LogP contribution is 2.24. The van der Waals surface area contributed by atoms with Crippen LogP contribution in [0.4, 0.5) is 5.82 Å². The molecule has 0 aliphatic carbocycles. The van der Waals surface area contributed by atoms with Gasteiger partial charge in [0.25, 0.3) is 0 Å². The second-order valence-electron chi connectivity index (χ2n) is 6.05. The Morgan fingerprint density at radius 2 is 1.83 bits per heavy atom. The van der Waals surface area contributed by atoms with Crippen LogP contribution < -0.4 is 10.6 Å². The van der Waals surface area contributed by atoms with E-state index < -0.39 is 5.54 Å². The van der Waals surface area contributed by atoms with E-state index in [-0.39, 0.29) is 5.91 Å². The average molecular weight is 390 g/mol. The highest BCUT2D eigenvalue weighted by molar-refractivity contribution is 9.10. The molecule has 1 aromatic carbocycles. The van der Waals surface area contributed by atoms with Crippen molar-refractivity contribution < 1.29 is 4.79 Å². The molecule has 2 heterocycles. The van der Waals surface area contributed by atoms with Gasteiger partial charge in [-0.05, 0) is 24.6 Å². The smallest absolute Gasteiger partial charge is 0.247 e. The maximum absolute atomic E-state index is 12.9. The van der Waals surface area contributed by atoms with Crippen molar-refractivity contribution in [3.63, 3.8) is 0 Å². The summed E-state index contributed by atoms with van der Waals surface area (Å²) in [4.78, 5) is 25.2. The fourth-order valence-electron chi connectivity index (χ4n) is 2.84. The van der Waals surface area contributed by atoms with Crippen molar-refractivity contribution >= 4 is 27.7 Å². The molecule has 1 amide bonds. The summed E-state index contributed by atoms with van der Waals surface area (Å²) in [7, 11) is 0. The predicted molar refractivity (Wildman–Crippen MR) is 96.5 cm³/mol. The number of nitrogens with two attached hydrogens (primary N) is 1. The van der Waals surface area contributed by atoms with E-state index >= 15 is 0 Å². The van der Waals surface area contributed by atoms with Crippen LogP contribution in [0.5, 0.6) is 0 Å². The molecule has 1 atom stereocenters. The van der Waals surface area contributed by atoms with Gasteiger partial charge in [0, 0.05) is 43.0 Å². The number of anilines is 1. The van der Waals surface area contributed by atoms with Crippen LogP contribution in [-0.2, 0) is 10.3 Å². The number of benzene rings is 1. The van der Waals surface area contributed by atoms with Crippen LogP contribution in [-0.4, -0.2) is 47.0 Å². The van der Waals surface area contributed by atoms with Gasteiger partial charge in [-0.3, -0.25) is 9.78 Å². The lowest BCUT2D eigenvalue weighted by Crippen LogP contribution is -2.57. The van der Waals surface area contributed by atoms with Gasteiger partial charge in [-0.15, -0.1) is 0 Å². The number of nitrogens with zero attached hydrogens (tertiary/aromatic N) is 4. The van der Waals surface area contributed by atoms with E-state index in [4.69, 9.17) is 5.73 Å². The van der Waals surface area contributed by atoms with E-state index in [1.165, 1.54) is 0 Å². The van der Waals surface area contributed by atoms with Gasteiger partial charge in [-0.25, -0.2) is 4.98 Å². The number of carbonyl (C=O) groups excluding carboxylic acids is 1. The third-order valence-corrected chi connectivity index (χ3v) is 4.86. The van der Waals surface area contributed by atoms with Gasteiger partial charge in [-0.2, -0.15) is 0 Å². The highest BCUT2D eigenvalue weighted by Gasteiger charge is 2.35. The van der Waals surface area contributed by atoms with Crippen LogP contribution in [0.2, 0.25) is 0 Å². The van der Waals surface area contributed by atoms with E-state index in [0.29, 0.717) is 13.1 Å². The number of aromatic nitrogens is 2. The van der Waals surface area contributed by atoms with Gasteiger partial charge >= 0.3 is 0 Å². The third kappa shape index (κ3) is 3.42. The fraction of sp³-hybridized carbons (Fsp3) is 0.353. The number of rotatable bonds is 3. The van der Waals surface area contributed by atoms with Crippen LogP contribution in [0, 0.1) is 0 Å². The Morgan fingerprint density at radius 3 is 2.42 bits per heavy atom. The third-order valence-electron chi connectivity index (χ3n) is 4.33. The number of hydrogen-bond donors (Lipinski definition) is 1. The summed E-state index contributed by atoms with van der Waals surface area (Å²) in [6, 6.07) is 7.58. The van der Waals surface area contributed by atoms with Gasteiger partial charge in [0.2, 0.25) is 5.91 Å². The summed E-state index contributed by atoms with van der Waals surface area (Å²) in [5.41, 5.74) is 6.15. The molecule has 1 unspecified atom stereocenters. The van der Waals surface area contributed by atoms with Crippen molar-refractivity contribution in [1.82, 2.24) is 14.9 Å². The lowest BCUT2D eigenvalue weighted by molar-refractivity contribution is -0.137. The molecule has 1 fully saturated rings. The first-order chi connectivity index (χ1) is 11.5. The van der Waals surface area contributed by atoms with Crippen molar-refractivity contribution in [2.24, 2.45) is 5.73 Å². The minimum Gasteiger partial charge on any atom is -0.352 e. The fourth-order valence-corrected chi connectivity index (χ4v) is 3.11. The number of piperazine rings is 1. The Morgan fingerprint density at radius 1 is 1.17 bits per heavy atom. The molecule has 1 saturated heterocycles. The summed E-state index contributed by atoms with van der Waals surface area (Å²) >= 11 is 3.40. The second-order valence-corrected chi connectivity index (χ2v) is 6.97. The van der Waals surface area contributed by atoms with Crippen molar-refractivity contribution in [3.8, 4) is 0 Å². The Hall–Kier alpha value is -1.99. The molecular weight excluding hydrogens is 370 g/mol. The summed E-state index contributed by atoms with van der Waals surface area (Å²) in [5.74, 6) is 0.789. The Bertz CT molecular complexity index is 697. The minimum atomic E-state index is -1.03. The highest BCUT2D eigenvalue weighted by atomic mass is 79.9. The monoisotopic (exact) mass is 389 g/mol. The summed E-state index contributed by atoms with van der Waals surface area (Å²) in [6.07, 6.45) is 5.07. The first-order valence-corrected chi connectivity index (χ1v) is 8.63. The quantitative estimate of drug-likeness (QED) is 0.865. The van der Waals surface area contributed by atoms with Gasteiger partial charge < -0.3 is 15.5 Å². The summed E-state index contributed by atoms with van der Waals surface area (Å²) in [5, 5.41) is 0. The van der Waals surface area contributed by atoms with Crippen LogP contribution in [0.1, 0.15) is 12.5 Å². The Balaban J connectivity index is 1.67. The molecular formula is C17H20BrN5O. The van der Waals surface area contributed by atoms with Gasteiger partial charge in [0.05, 0.1) is 6.20 Å². The van der Waals surface area contributed by atoms with Gasteiger partial charge in [0.15, 0.2) is 0 Å². The number of hydrogen-bond acceptors (Lipinski definition) is 5. The predicted octanol–water partition coefficient (Wildman–Crippen LogP) is 1.76.